The van der Waals surface area contributed by atoms with E-state index < -0.39 is 0 Å². The van der Waals surface area contributed by atoms with Crippen molar-refractivity contribution in [1.82, 2.24) is 0 Å². The highest BCUT2D eigenvalue weighted by molar-refractivity contribution is 4.98. The Bertz CT molecular complexity index is 234. The van der Waals surface area contributed by atoms with E-state index >= 15 is 0 Å². The fourth-order valence-electron chi connectivity index (χ4n) is 2.37. The zero-order valence-electron chi connectivity index (χ0n) is 13.8. The van der Waals surface area contributed by atoms with Gasteiger partial charge in [0.1, 0.15) is 0 Å². The molecule has 0 nitrogen and oxygen atoms in total. The van der Waals surface area contributed by atoms with Gasteiger partial charge in [0.2, 0.25) is 0 Å². The third-order valence-corrected chi connectivity index (χ3v) is 3.66. The molecule has 0 rings (SSSR count). The van der Waals surface area contributed by atoms with Gasteiger partial charge >= 0.3 is 0 Å². The van der Waals surface area contributed by atoms with Gasteiger partial charge in [-0.05, 0) is 25.7 Å². The molecule has 0 atom stereocenters. The summed E-state index contributed by atoms with van der Waals surface area (Å²) in [6.07, 6.45) is 28.6. The zero-order valence-corrected chi connectivity index (χ0v) is 13.8. The van der Waals surface area contributed by atoms with Crippen LogP contribution in [0.3, 0.4) is 0 Å². The van der Waals surface area contributed by atoms with E-state index in [-0.39, 0.29) is 0 Å². The molecule has 0 aliphatic carbocycles. The van der Waals surface area contributed by atoms with Crippen LogP contribution in [-0.2, 0) is 0 Å². The van der Waals surface area contributed by atoms with Crippen LogP contribution in [0.2, 0.25) is 0 Å². The Kier molecular flexibility index (Phi) is 17.5. The first-order valence-electron chi connectivity index (χ1n) is 8.84. The smallest absolute Gasteiger partial charge is 0.0313 e. The highest BCUT2D eigenvalue weighted by atomic mass is 14.0. The monoisotopic (exact) mass is 276 g/mol. The number of hydrogen-bond donors (Lipinski definition) is 0. The minimum atomic E-state index is 1.14. The zero-order chi connectivity index (χ0) is 14.7. The van der Waals surface area contributed by atoms with Crippen molar-refractivity contribution in [2.45, 2.75) is 90.4 Å². The summed E-state index contributed by atoms with van der Waals surface area (Å²) in [5, 5.41) is 0. The summed E-state index contributed by atoms with van der Waals surface area (Å²) in [4.78, 5) is 0. The molecule has 0 unspecified atom stereocenters. The SMILES string of the molecule is C=CC=CCC/C=C\CCCCCCCCCCCC. The Morgan fingerprint density at radius 2 is 1.10 bits per heavy atom. The summed E-state index contributed by atoms with van der Waals surface area (Å²) in [6.45, 7) is 5.95. The highest BCUT2D eigenvalue weighted by Crippen LogP contribution is 2.11. The average Bonchev–Trinajstić information content (AvgIpc) is 2.47. The van der Waals surface area contributed by atoms with Crippen LogP contribution in [0.4, 0.5) is 0 Å². The molecule has 0 aliphatic rings. The van der Waals surface area contributed by atoms with Crippen LogP contribution in [-0.4, -0.2) is 0 Å². The first-order valence-corrected chi connectivity index (χ1v) is 8.84. The molecule has 0 saturated carbocycles. The van der Waals surface area contributed by atoms with Gasteiger partial charge in [0.15, 0.2) is 0 Å². The predicted octanol–water partition coefficient (Wildman–Crippen LogP) is 7.38. The number of rotatable bonds is 15. The van der Waals surface area contributed by atoms with Gasteiger partial charge in [0.05, 0.1) is 0 Å². The van der Waals surface area contributed by atoms with Crippen molar-refractivity contribution in [3.05, 3.63) is 37.0 Å². The Morgan fingerprint density at radius 3 is 1.70 bits per heavy atom. The van der Waals surface area contributed by atoms with Crippen LogP contribution >= 0.6 is 0 Å². The van der Waals surface area contributed by atoms with E-state index in [2.05, 4.69) is 31.7 Å². The van der Waals surface area contributed by atoms with Crippen molar-refractivity contribution in [3.63, 3.8) is 0 Å². The van der Waals surface area contributed by atoms with Gasteiger partial charge < -0.3 is 0 Å². The maximum Gasteiger partial charge on any atom is -0.0313 e. The first-order chi connectivity index (χ1) is 9.91. The quantitative estimate of drug-likeness (QED) is 0.166. The molecule has 0 aliphatic heterocycles. The van der Waals surface area contributed by atoms with Crippen LogP contribution in [0.15, 0.2) is 37.0 Å². The lowest BCUT2D eigenvalue weighted by molar-refractivity contribution is 0.557. The van der Waals surface area contributed by atoms with Crippen LogP contribution in [0.25, 0.3) is 0 Å². The van der Waals surface area contributed by atoms with E-state index in [4.69, 9.17) is 0 Å². The molecular formula is C20H36. The van der Waals surface area contributed by atoms with Gasteiger partial charge in [-0.1, -0.05) is 102 Å². The lowest BCUT2D eigenvalue weighted by Gasteiger charge is -2.01. The molecule has 0 aromatic carbocycles. The molecule has 0 bridgehead atoms. The Morgan fingerprint density at radius 1 is 0.600 bits per heavy atom. The van der Waals surface area contributed by atoms with Gasteiger partial charge in [-0.3, -0.25) is 0 Å². The Hall–Kier alpha value is -0.780. The minimum absolute atomic E-state index is 1.14. The van der Waals surface area contributed by atoms with Gasteiger partial charge in [0.25, 0.3) is 0 Å². The molecule has 0 saturated heterocycles. The Labute approximate surface area is 128 Å². The number of unbranched alkanes of at least 4 members (excludes halogenated alkanes) is 11. The van der Waals surface area contributed by atoms with Gasteiger partial charge in [0, 0.05) is 0 Å². The third-order valence-electron chi connectivity index (χ3n) is 3.66. The van der Waals surface area contributed by atoms with Crippen molar-refractivity contribution in [2.24, 2.45) is 0 Å². The average molecular weight is 277 g/mol. The number of hydrogen-bond acceptors (Lipinski definition) is 0. The first kappa shape index (κ1) is 19.2. The molecule has 0 N–H and O–H groups in total. The maximum absolute atomic E-state index is 3.66. The molecular weight excluding hydrogens is 240 g/mol. The fourth-order valence-corrected chi connectivity index (χ4v) is 2.37. The van der Waals surface area contributed by atoms with Crippen molar-refractivity contribution in [1.29, 1.82) is 0 Å². The van der Waals surface area contributed by atoms with E-state index in [0.29, 0.717) is 0 Å². The van der Waals surface area contributed by atoms with Crippen molar-refractivity contribution >= 4 is 0 Å². The highest BCUT2D eigenvalue weighted by Gasteiger charge is 1.91. The summed E-state index contributed by atoms with van der Waals surface area (Å²) in [6, 6.07) is 0. The summed E-state index contributed by atoms with van der Waals surface area (Å²) < 4.78 is 0. The van der Waals surface area contributed by atoms with Gasteiger partial charge in [-0.2, -0.15) is 0 Å². The van der Waals surface area contributed by atoms with Crippen LogP contribution in [0.5, 0.6) is 0 Å². The second-order valence-corrected chi connectivity index (χ2v) is 5.68. The molecule has 0 radical (unpaired) electrons. The molecule has 0 aromatic rings. The van der Waals surface area contributed by atoms with Crippen LogP contribution < -0.4 is 0 Å². The van der Waals surface area contributed by atoms with Crippen molar-refractivity contribution in [2.75, 3.05) is 0 Å². The van der Waals surface area contributed by atoms with Crippen LogP contribution in [0, 0.1) is 0 Å². The molecule has 0 heterocycles. The summed E-state index contributed by atoms with van der Waals surface area (Å²) >= 11 is 0. The van der Waals surface area contributed by atoms with E-state index in [1.807, 2.05) is 12.2 Å². The number of allylic oxidation sites excluding steroid dienone is 5. The molecule has 0 aromatic heterocycles. The lowest BCUT2D eigenvalue weighted by Crippen LogP contribution is -1.81. The van der Waals surface area contributed by atoms with Gasteiger partial charge in [-0.15, -0.1) is 0 Å². The van der Waals surface area contributed by atoms with Crippen molar-refractivity contribution in [3.8, 4) is 0 Å². The van der Waals surface area contributed by atoms with Crippen molar-refractivity contribution < 1.29 is 0 Å². The summed E-state index contributed by atoms with van der Waals surface area (Å²) in [5.74, 6) is 0. The van der Waals surface area contributed by atoms with E-state index in [0.717, 1.165) is 6.42 Å². The maximum atomic E-state index is 3.66. The normalized spacial score (nSPS) is 11.7. The predicted molar refractivity (Wildman–Crippen MR) is 94.2 cm³/mol. The second-order valence-electron chi connectivity index (χ2n) is 5.68. The lowest BCUT2D eigenvalue weighted by atomic mass is 10.1. The molecule has 0 amide bonds. The van der Waals surface area contributed by atoms with Gasteiger partial charge in [-0.25, -0.2) is 0 Å². The molecule has 0 heteroatoms. The molecule has 116 valence electrons. The Balaban J connectivity index is 3.07. The summed E-state index contributed by atoms with van der Waals surface area (Å²) in [5.41, 5.74) is 0. The second kappa shape index (κ2) is 18.2. The molecule has 0 spiro atoms. The van der Waals surface area contributed by atoms with E-state index in [1.54, 1.807) is 0 Å². The molecule has 20 heavy (non-hydrogen) atoms. The third kappa shape index (κ3) is 17.2. The largest absolute Gasteiger partial charge is 0.0991 e. The standard InChI is InChI=1S/C20H36/c1-3-5-7-9-11-13-15-17-19-20-18-16-14-12-10-8-6-4-2/h3,5,7,13,15H,1,4,6,8-12,14,16-20H2,2H3/b7-5?,15-13-. The van der Waals surface area contributed by atoms with E-state index in [9.17, 15) is 0 Å². The minimum Gasteiger partial charge on any atom is -0.0991 e. The van der Waals surface area contributed by atoms with E-state index in [1.165, 1.54) is 77.0 Å². The molecule has 0 fully saturated rings. The summed E-state index contributed by atoms with van der Waals surface area (Å²) in [7, 11) is 0. The fraction of sp³-hybridized carbons (Fsp3) is 0.700. The topological polar surface area (TPSA) is 0 Å². The van der Waals surface area contributed by atoms with Crippen LogP contribution in [0.1, 0.15) is 90.4 Å².